The average Bonchev–Trinajstić information content (AvgIpc) is 3.32. The summed E-state index contributed by atoms with van der Waals surface area (Å²) in [4.78, 5) is 14.4. The molecule has 0 aliphatic carbocycles. The monoisotopic (exact) mass is 449 g/mol. The SMILES string of the molecule is CC1(C)OB(c2nc(-c3ccccc3)nc(-c3ccc4oc5ccccc5c4c3)n2)OC1(C)C. The molecule has 0 N–H and O–H groups in total. The van der Waals surface area contributed by atoms with Crippen LogP contribution in [0.25, 0.3) is 44.7 Å². The van der Waals surface area contributed by atoms with E-state index in [1.807, 2.05) is 88.4 Å². The van der Waals surface area contributed by atoms with Gasteiger partial charge in [-0.15, -0.1) is 0 Å². The summed E-state index contributed by atoms with van der Waals surface area (Å²) in [5, 5.41) is 2.08. The van der Waals surface area contributed by atoms with Gasteiger partial charge in [-0.1, -0.05) is 48.5 Å². The van der Waals surface area contributed by atoms with Gasteiger partial charge in [0.2, 0.25) is 0 Å². The summed E-state index contributed by atoms with van der Waals surface area (Å²) in [6.07, 6.45) is 0. The van der Waals surface area contributed by atoms with Crippen molar-refractivity contribution in [2.24, 2.45) is 0 Å². The van der Waals surface area contributed by atoms with Gasteiger partial charge in [-0.2, -0.15) is 0 Å². The highest BCUT2D eigenvalue weighted by molar-refractivity contribution is 6.60. The third kappa shape index (κ3) is 3.40. The lowest BCUT2D eigenvalue weighted by Gasteiger charge is -2.32. The van der Waals surface area contributed by atoms with Gasteiger partial charge in [-0.05, 0) is 52.0 Å². The fourth-order valence-corrected chi connectivity index (χ4v) is 4.16. The van der Waals surface area contributed by atoms with Crippen LogP contribution >= 0.6 is 0 Å². The van der Waals surface area contributed by atoms with E-state index in [2.05, 4.69) is 12.1 Å². The van der Waals surface area contributed by atoms with Crippen LogP contribution in [0.1, 0.15) is 27.7 Å². The van der Waals surface area contributed by atoms with Crippen LogP contribution in [0.3, 0.4) is 0 Å². The van der Waals surface area contributed by atoms with E-state index < -0.39 is 18.3 Å². The number of fused-ring (bicyclic) bond motifs is 3. The molecule has 0 atom stereocenters. The number of benzene rings is 3. The highest BCUT2D eigenvalue weighted by atomic mass is 16.7. The Morgan fingerprint density at radius 3 is 1.97 bits per heavy atom. The number of hydrogen-bond acceptors (Lipinski definition) is 6. The van der Waals surface area contributed by atoms with Crippen molar-refractivity contribution in [2.75, 3.05) is 0 Å². The number of aromatic nitrogens is 3. The van der Waals surface area contributed by atoms with Gasteiger partial charge in [-0.3, -0.25) is 0 Å². The van der Waals surface area contributed by atoms with Crippen molar-refractivity contribution < 1.29 is 13.7 Å². The van der Waals surface area contributed by atoms with E-state index in [0.29, 0.717) is 17.4 Å². The second-order valence-electron chi connectivity index (χ2n) is 9.60. The van der Waals surface area contributed by atoms with Gasteiger partial charge < -0.3 is 13.7 Å². The third-order valence-electron chi connectivity index (χ3n) is 6.78. The minimum Gasteiger partial charge on any atom is -0.456 e. The fourth-order valence-electron chi connectivity index (χ4n) is 4.16. The number of rotatable bonds is 3. The predicted molar refractivity (Wildman–Crippen MR) is 134 cm³/mol. The average molecular weight is 449 g/mol. The molecule has 0 amide bonds. The topological polar surface area (TPSA) is 70.3 Å². The molecule has 1 saturated heterocycles. The Morgan fingerprint density at radius 1 is 0.618 bits per heavy atom. The van der Waals surface area contributed by atoms with Crippen LogP contribution in [-0.2, 0) is 9.31 Å². The number of hydrogen-bond donors (Lipinski definition) is 0. The van der Waals surface area contributed by atoms with Crippen LogP contribution in [-0.4, -0.2) is 33.3 Å². The van der Waals surface area contributed by atoms with E-state index in [9.17, 15) is 0 Å². The number of para-hydroxylation sites is 1. The zero-order valence-corrected chi connectivity index (χ0v) is 19.6. The van der Waals surface area contributed by atoms with Crippen LogP contribution in [0.2, 0.25) is 0 Å². The van der Waals surface area contributed by atoms with Crippen molar-refractivity contribution in [3.05, 3.63) is 72.8 Å². The van der Waals surface area contributed by atoms with Crippen LogP contribution in [0, 0.1) is 0 Å². The summed E-state index contributed by atoms with van der Waals surface area (Å²) in [7, 11) is -0.687. The maximum atomic E-state index is 6.26. The zero-order chi connectivity index (χ0) is 23.5. The van der Waals surface area contributed by atoms with E-state index in [-0.39, 0.29) is 0 Å². The first kappa shape index (κ1) is 21.0. The summed E-state index contributed by atoms with van der Waals surface area (Å²) in [5.74, 6) is 1.14. The van der Waals surface area contributed by atoms with E-state index >= 15 is 0 Å². The van der Waals surface area contributed by atoms with Crippen molar-refractivity contribution in [1.82, 2.24) is 15.0 Å². The fraction of sp³-hybridized carbons (Fsp3) is 0.222. The lowest BCUT2D eigenvalue weighted by molar-refractivity contribution is 0.00578. The molecule has 168 valence electrons. The Morgan fingerprint density at radius 2 is 1.24 bits per heavy atom. The quantitative estimate of drug-likeness (QED) is 0.344. The lowest BCUT2D eigenvalue weighted by Crippen LogP contribution is -2.41. The molecule has 1 fully saturated rings. The molecule has 2 aromatic heterocycles. The van der Waals surface area contributed by atoms with E-state index in [1.54, 1.807) is 0 Å². The molecule has 0 radical (unpaired) electrons. The van der Waals surface area contributed by atoms with E-state index in [4.69, 9.17) is 28.7 Å². The van der Waals surface area contributed by atoms with E-state index in [1.165, 1.54) is 0 Å². The van der Waals surface area contributed by atoms with Crippen LogP contribution in [0.5, 0.6) is 0 Å². The Labute approximate surface area is 198 Å². The largest absolute Gasteiger partial charge is 0.534 e. The molecule has 0 unspecified atom stereocenters. The van der Waals surface area contributed by atoms with Gasteiger partial charge in [0.05, 0.1) is 11.2 Å². The van der Waals surface area contributed by atoms with Gasteiger partial charge >= 0.3 is 7.12 Å². The standard InChI is InChI=1S/C27H24BN3O3/c1-26(2)27(3,4)34-28(33-26)25-30-23(17-10-6-5-7-11-17)29-24(31-25)18-14-15-22-20(16-18)19-12-8-9-13-21(19)32-22/h5-16H,1-4H3. The Balaban J connectivity index is 1.52. The summed E-state index contributed by atoms with van der Waals surface area (Å²) >= 11 is 0. The predicted octanol–water partition coefficient (Wildman–Crippen LogP) is 5.40. The van der Waals surface area contributed by atoms with Gasteiger partial charge in [0.15, 0.2) is 17.4 Å². The first-order valence-corrected chi connectivity index (χ1v) is 11.4. The molecule has 6 rings (SSSR count). The molecule has 1 aliphatic rings. The highest BCUT2D eigenvalue weighted by Gasteiger charge is 2.53. The highest BCUT2D eigenvalue weighted by Crippen LogP contribution is 2.36. The third-order valence-corrected chi connectivity index (χ3v) is 6.78. The molecule has 0 saturated carbocycles. The molecule has 0 spiro atoms. The minimum absolute atomic E-state index is 0.458. The normalized spacial score (nSPS) is 17.0. The second-order valence-corrected chi connectivity index (χ2v) is 9.60. The van der Waals surface area contributed by atoms with E-state index in [0.717, 1.165) is 33.1 Å². The smallest absolute Gasteiger partial charge is 0.456 e. The van der Waals surface area contributed by atoms with Gasteiger partial charge in [0.1, 0.15) is 11.2 Å². The van der Waals surface area contributed by atoms with Crippen LogP contribution < -0.4 is 5.72 Å². The van der Waals surface area contributed by atoms with Crippen molar-refractivity contribution in [3.8, 4) is 22.8 Å². The second kappa shape index (κ2) is 7.48. The maximum absolute atomic E-state index is 6.26. The number of nitrogens with zero attached hydrogens (tertiary/aromatic N) is 3. The van der Waals surface area contributed by atoms with Gasteiger partial charge in [0, 0.05) is 21.9 Å². The molecule has 7 heteroatoms. The Kier molecular flexibility index (Phi) is 4.63. The lowest BCUT2D eigenvalue weighted by atomic mass is 9.89. The summed E-state index contributed by atoms with van der Waals surface area (Å²) in [5.41, 5.74) is 2.93. The molecular formula is C27H24BN3O3. The van der Waals surface area contributed by atoms with Crippen molar-refractivity contribution in [1.29, 1.82) is 0 Å². The Hall–Kier alpha value is -3.55. The van der Waals surface area contributed by atoms with Crippen molar-refractivity contribution in [2.45, 2.75) is 38.9 Å². The molecule has 3 heterocycles. The zero-order valence-electron chi connectivity index (χ0n) is 19.6. The first-order chi connectivity index (χ1) is 16.3. The molecule has 5 aromatic rings. The Bertz CT molecular complexity index is 1510. The molecule has 3 aromatic carbocycles. The minimum atomic E-state index is -0.687. The van der Waals surface area contributed by atoms with Crippen LogP contribution in [0.15, 0.2) is 77.2 Å². The summed E-state index contributed by atoms with van der Waals surface area (Å²) in [6.45, 7) is 8.08. The molecule has 34 heavy (non-hydrogen) atoms. The van der Waals surface area contributed by atoms with Crippen LogP contribution in [0.4, 0.5) is 0 Å². The van der Waals surface area contributed by atoms with Gasteiger partial charge in [0.25, 0.3) is 0 Å². The van der Waals surface area contributed by atoms with Crippen molar-refractivity contribution in [3.63, 3.8) is 0 Å². The van der Waals surface area contributed by atoms with Gasteiger partial charge in [-0.25, -0.2) is 15.0 Å². The molecular weight excluding hydrogens is 425 g/mol. The molecule has 6 nitrogen and oxygen atoms in total. The number of furan rings is 1. The summed E-state index contributed by atoms with van der Waals surface area (Å²) in [6, 6.07) is 23.9. The molecule has 1 aliphatic heterocycles. The maximum Gasteiger partial charge on any atom is 0.534 e. The molecule has 0 bridgehead atoms. The van der Waals surface area contributed by atoms with Crippen molar-refractivity contribution >= 4 is 34.8 Å². The first-order valence-electron chi connectivity index (χ1n) is 11.4. The summed E-state index contributed by atoms with van der Waals surface area (Å²) < 4.78 is 18.5.